The second-order valence-electron chi connectivity index (χ2n) is 6.51. The summed E-state index contributed by atoms with van der Waals surface area (Å²) in [6, 6.07) is 16.8. The van der Waals surface area contributed by atoms with E-state index in [0.29, 0.717) is 11.1 Å². The molecule has 0 N–H and O–H groups in total. The Morgan fingerprint density at radius 1 is 0.957 bits per heavy atom. The summed E-state index contributed by atoms with van der Waals surface area (Å²) in [5.74, 6) is 0.0251. The molecule has 0 aliphatic rings. The van der Waals surface area contributed by atoms with Gasteiger partial charge >= 0.3 is 0 Å². The van der Waals surface area contributed by atoms with Crippen molar-refractivity contribution in [2.75, 3.05) is 0 Å². The smallest absolute Gasteiger partial charge is 0.193 e. The van der Waals surface area contributed by atoms with Crippen molar-refractivity contribution in [1.82, 2.24) is 0 Å². The van der Waals surface area contributed by atoms with Crippen LogP contribution >= 0.6 is 0 Å². The van der Waals surface area contributed by atoms with Gasteiger partial charge in [0.1, 0.15) is 6.10 Å². The quantitative estimate of drug-likeness (QED) is 0.422. The van der Waals surface area contributed by atoms with Crippen LogP contribution < -0.4 is 0 Å². The maximum absolute atomic E-state index is 12.4. The van der Waals surface area contributed by atoms with Crippen molar-refractivity contribution < 1.29 is 14.6 Å². The van der Waals surface area contributed by atoms with Crippen LogP contribution in [0, 0.1) is 0 Å². The van der Waals surface area contributed by atoms with Gasteiger partial charge in [0.05, 0.1) is 5.60 Å². The van der Waals surface area contributed by atoms with Crippen molar-refractivity contribution >= 4 is 5.78 Å². The third kappa shape index (κ3) is 5.02. The predicted molar refractivity (Wildman–Crippen MR) is 91.3 cm³/mol. The molecular weight excluding hydrogens is 288 g/mol. The molecule has 0 bridgehead atoms. The largest absolute Gasteiger partial charge is 0.289 e. The fraction of sp³-hybridized carbons (Fsp3) is 0.350. The Morgan fingerprint density at radius 3 is 2.04 bits per heavy atom. The van der Waals surface area contributed by atoms with Crippen LogP contribution in [0.25, 0.3) is 0 Å². The van der Waals surface area contributed by atoms with Crippen molar-refractivity contribution in [2.24, 2.45) is 0 Å². The van der Waals surface area contributed by atoms with E-state index in [1.165, 1.54) is 0 Å². The van der Waals surface area contributed by atoms with E-state index >= 15 is 0 Å². The Balaban J connectivity index is 2.10. The summed E-state index contributed by atoms with van der Waals surface area (Å²) >= 11 is 0. The van der Waals surface area contributed by atoms with Gasteiger partial charge in [-0.15, -0.1) is 0 Å². The van der Waals surface area contributed by atoms with Crippen LogP contribution in [0.5, 0.6) is 0 Å². The second-order valence-corrected chi connectivity index (χ2v) is 6.51. The molecule has 0 amide bonds. The van der Waals surface area contributed by atoms with E-state index in [0.717, 1.165) is 12.0 Å². The minimum Gasteiger partial charge on any atom is -0.289 e. The minimum absolute atomic E-state index is 0.0251. The molecule has 0 spiro atoms. The lowest BCUT2D eigenvalue weighted by atomic mass is 10.00. The van der Waals surface area contributed by atoms with Gasteiger partial charge in [0.2, 0.25) is 0 Å². The number of carbonyl (C=O) groups is 1. The van der Waals surface area contributed by atoms with Crippen LogP contribution in [0.3, 0.4) is 0 Å². The Labute approximate surface area is 138 Å². The highest BCUT2D eigenvalue weighted by molar-refractivity contribution is 6.08. The van der Waals surface area contributed by atoms with Crippen LogP contribution in [0.2, 0.25) is 0 Å². The van der Waals surface area contributed by atoms with E-state index in [2.05, 4.69) is 0 Å². The van der Waals surface area contributed by atoms with Gasteiger partial charge in [-0.25, -0.2) is 9.78 Å². The standard InChI is InChI=1S/C20H24O3/c1-5-18(22-23-20(2,3)4)15-11-13-17(14-12-15)19(21)16-9-7-6-8-10-16/h6-14,18H,5H2,1-4H3. The summed E-state index contributed by atoms with van der Waals surface area (Å²) < 4.78 is 0. The lowest BCUT2D eigenvalue weighted by Crippen LogP contribution is -2.21. The van der Waals surface area contributed by atoms with Crippen LogP contribution in [0.1, 0.15) is 61.7 Å². The van der Waals surface area contributed by atoms with Crippen molar-refractivity contribution in [1.29, 1.82) is 0 Å². The molecule has 0 fully saturated rings. The molecule has 1 unspecified atom stereocenters. The number of ketones is 1. The van der Waals surface area contributed by atoms with Gasteiger partial charge in [-0.3, -0.25) is 4.79 Å². The summed E-state index contributed by atoms with van der Waals surface area (Å²) in [5, 5.41) is 0. The molecule has 0 aliphatic carbocycles. The van der Waals surface area contributed by atoms with Gasteiger partial charge in [-0.1, -0.05) is 61.5 Å². The lowest BCUT2D eigenvalue weighted by Gasteiger charge is -2.22. The zero-order chi connectivity index (χ0) is 16.9. The molecule has 0 aromatic heterocycles. The molecule has 2 aromatic carbocycles. The molecule has 0 radical (unpaired) electrons. The Morgan fingerprint density at radius 2 is 1.52 bits per heavy atom. The van der Waals surface area contributed by atoms with E-state index in [1.54, 1.807) is 0 Å². The summed E-state index contributed by atoms with van der Waals surface area (Å²) in [5.41, 5.74) is 2.02. The molecule has 1 atom stereocenters. The number of benzene rings is 2. The zero-order valence-electron chi connectivity index (χ0n) is 14.2. The Bertz CT molecular complexity index is 624. The Hall–Kier alpha value is -1.97. The third-order valence-corrected chi connectivity index (χ3v) is 3.37. The van der Waals surface area contributed by atoms with E-state index in [9.17, 15) is 4.79 Å². The van der Waals surface area contributed by atoms with Crippen molar-refractivity contribution in [3.05, 3.63) is 71.3 Å². The average Bonchev–Trinajstić information content (AvgIpc) is 2.55. The van der Waals surface area contributed by atoms with E-state index < -0.39 is 0 Å². The van der Waals surface area contributed by atoms with Gasteiger partial charge in [-0.05, 0) is 32.8 Å². The monoisotopic (exact) mass is 312 g/mol. The first-order valence-corrected chi connectivity index (χ1v) is 7.95. The van der Waals surface area contributed by atoms with Crippen molar-refractivity contribution in [3.8, 4) is 0 Å². The van der Waals surface area contributed by atoms with Crippen molar-refractivity contribution in [3.63, 3.8) is 0 Å². The van der Waals surface area contributed by atoms with Crippen LogP contribution in [0.4, 0.5) is 0 Å². The Kier molecular flexibility index (Phi) is 5.69. The molecule has 2 rings (SSSR count). The summed E-state index contributed by atoms with van der Waals surface area (Å²) in [6.45, 7) is 7.88. The molecule has 0 saturated heterocycles. The first-order valence-electron chi connectivity index (χ1n) is 7.95. The number of rotatable bonds is 6. The first-order chi connectivity index (χ1) is 10.9. The fourth-order valence-corrected chi connectivity index (χ4v) is 2.17. The van der Waals surface area contributed by atoms with Gasteiger partial charge in [0, 0.05) is 11.1 Å². The number of carbonyl (C=O) groups excluding carboxylic acids is 1. The lowest BCUT2D eigenvalue weighted by molar-refractivity contribution is -0.376. The molecule has 0 aliphatic heterocycles. The topological polar surface area (TPSA) is 35.5 Å². The molecule has 23 heavy (non-hydrogen) atoms. The van der Waals surface area contributed by atoms with Crippen molar-refractivity contribution in [2.45, 2.75) is 45.8 Å². The fourth-order valence-electron chi connectivity index (χ4n) is 2.17. The normalized spacial score (nSPS) is 12.9. The van der Waals surface area contributed by atoms with Gasteiger partial charge in [-0.2, -0.15) is 0 Å². The molecular formula is C20H24O3. The van der Waals surface area contributed by atoms with E-state index in [1.807, 2.05) is 82.3 Å². The molecule has 122 valence electrons. The maximum atomic E-state index is 12.4. The molecule has 3 nitrogen and oxygen atoms in total. The summed E-state index contributed by atoms with van der Waals surface area (Å²) in [4.78, 5) is 23.4. The SMILES string of the molecule is CCC(OOC(C)(C)C)c1ccc(C(=O)c2ccccc2)cc1. The molecule has 0 heterocycles. The number of hydrogen-bond donors (Lipinski definition) is 0. The highest BCUT2D eigenvalue weighted by Crippen LogP contribution is 2.24. The highest BCUT2D eigenvalue weighted by atomic mass is 17.2. The first kappa shape index (κ1) is 17.4. The summed E-state index contributed by atoms with van der Waals surface area (Å²) in [7, 11) is 0. The highest BCUT2D eigenvalue weighted by Gasteiger charge is 2.18. The van der Waals surface area contributed by atoms with Crippen LogP contribution in [0.15, 0.2) is 54.6 Å². The van der Waals surface area contributed by atoms with Gasteiger partial charge < -0.3 is 0 Å². The van der Waals surface area contributed by atoms with Crippen LogP contribution in [-0.4, -0.2) is 11.4 Å². The second kappa shape index (κ2) is 7.53. The number of hydrogen-bond acceptors (Lipinski definition) is 3. The van der Waals surface area contributed by atoms with E-state index in [-0.39, 0.29) is 17.5 Å². The zero-order valence-corrected chi connectivity index (χ0v) is 14.2. The maximum Gasteiger partial charge on any atom is 0.193 e. The third-order valence-electron chi connectivity index (χ3n) is 3.37. The van der Waals surface area contributed by atoms with Gasteiger partial charge in [0.15, 0.2) is 5.78 Å². The van der Waals surface area contributed by atoms with E-state index in [4.69, 9.17) is 9.78 Å². The van der Waals surface area contributed by atoms with Gasteiger partial charge in [0.25, 0.3) is 0 Å². The summed E-state index contributed by atoms with van der Waals surface area (Å²) in [6.07, 6.45) is 0.650. The predicted octanol–water partition coefficient (Wildman–Crippen LogP) is 5.12. The van der Waals surface area contributed by atoms with Crippen LogP contribution in [-0.2, 0) is 9.78 Å². The average molecular weight is 312 g/mol. The molecule has 3 heteroatoms. The molecule has 2 aromatic rings. The molecule has 0 saturated carbocycles. The minimum atomic E-state index is -0.351.